The second kappa shape index (κ2) is 18.0. The van der Waals surface area contributed by atoms with Crippen LogP contribution in [0.4, 0.5) is 0 Å². The Balaban J connectivity index is 0.00000657. The standard InChI is InChI=1S/C59H44N4O.Pt/c1-3-41(4-2)46-34-35-60-58(37-46)63-54-29-15-14-26-52(54)53-32-31-49(39-56(53)63)64-48-25-16-24-47(38-48)61-40-62(55-33-30-45(36-57(55)61)42-18-8-5-9-19-42)59-50(43-20-10-6-11-21-43)27-17-28-51(59)44-22-12-7-13-23-44;/h5-37,41H,3-4H2,1-2H3;/q-2;/i6D,7D,10D,11D,12D,13D,20D,21D,22D,23D,41D;. The zero-order chi connectivity index (χ0) is 52.6. The molecule has 11 aromatic rings. The maximum atomic E-state index is 9.21. The largest absolute Gasteiger partial charge is 0.510 e. The average Bonchev–Trinajstić information content (AvgIpc) is 4.02. The van der Waals surface area contributed by atoms with Crippen molar-refractivity contribution < 1.29 is 45.4 Å². The van der Waals surface area contributed by atoms with Gasteiger partial charge in [0.1, 0.15) is 5.82 Å². The van der Waals surface area contributed by atoms with Gasteiger partial charge in [-0.25, -0.2) is 4.98 Å². The van der Waals surface area contributed by atoms with Gasteiger partial charge < -0.3 is 13.9 Å². The van der Waals surface area contributed by atoms with Crippen molar-refractivity contribution in [1.82, 2.24) is 14.1 Å². The van der Waals surface area contributed by atoms with Crippen LogP contribution in [0, 0.1) is 18.5 Å². The minimum atomic E-state index is -0.777. The first-order valence-electron chi connectivity index (χ1n) is 26.6. The van der Waals surface area contributed by atoms with Gasteiger partial charge in [-0.2, -0.15) is 18.2 Å². The van der Waals surface area contributed by atoms with E-state index in [2.05, 4.69) is 24.5 Å². The molecule has 0 spiro atoms. The molecule has 0 aliphatic heterocycles. The van der Waals surface area contributed by atoms with E-state index in [1.54, 1.807) is 39.6 Å². The fourth-order valence-corrected chi connectivity index (χ4v) is 8.56. The molecule has 0 aliphatic rings. The van der Waals surface area contributed by atoms with Crippen LogP contribution in [-0.4, -0.2) is 14.1 Å². The summed E-state index contributed by atoms with van der Waals surface area (Å²) in [5.74, 6) is 0.601. The monoisotopic (exact) mass is 1030 g/mol. The molecule has 0 fully saturated rings. The van der Waals surface area contributed by atoms with Gasteiger partial charge in [0.2, 0.25) is 0 Å². The van der Waals surface area contributed by atoms with Crippen LogP contribution in [-0.2, 0) is 21.1 Å². The van der Waals surface area contributed by atoms with E-state index in [-0.39, 0.29) is 49.0 Å². The number of imidazole rings is 1. The van der Waals surface area contributed by atoms with Gasteiger partial charge in [-0.15, -0.1) is 29.7 Å². The molecule has 11 rings (SSSR count). The molecule has 5 nitrogen and oxygen atoms in total. The summed E-state index contributed by atoms with van der Waals surface area (Å²) in [5, 5.41) is 1.94. The van der Waals surface area contributed by atoms with Crippen molar-refractivity contribution in [2.24, 2.45) is 0 Å². The molecule has 0 atom stereocenters. The van der Waals surface area contributed by atoms with Crippen LogP contribution in [0.25, 0.3) is 83.4 Å². The summed E-state index contributed by atoms with van der Waals surface area (Å²) in [6.45, 7) is 4.04. The van der Waals surface area contributed by atoms with Crippen LogP contribution >= 0.6 is 0 Å². The van der Waals surface area contributed by atoms with Crippen molar-refractivity contribution in [2.75, 3.05) is 0 Å². The molecule has 3 aromatic heterocycles. The fourth-order valence-electron chi connectivity index (χ4n) is 8.56. The Morgan fingerprint density at radius 1 is 0.631 bits per heavy atom. The molecule has 0 radical (unpaired) electrons. The first-order valence-corrected chi connectivity index (χ1v) is 21.1. The number of nitrogens with zero attached hydrogens (tertiary/aromatic N) is 4. The van der Waals surface area contributed by atoms with Gasteiger partial charge in [0.05, 0.1) is 30.4 Å². The normalized spacial score (nSPS) is 13.9. The Hall–Kier alpha value is -7.33. The number of para-hydroxylation sites is 2. The summed E-state index contributed by atoms with van der Waals surface area (Å²) < 4.78 is 109. The molecule has 65 heavy (non-hydrogen) atoms. The number of benzene rings is 8. The summed E-state index contributed by atoms with van der Waals surface area (Å²) >= 11 is 0. The summed E-state index contributed by atoms with van der Waals surface area (Å²) in [5.41, 5.74) is 5.93. The van der Waals surface area contributed by atoms with E-state index in [1.165, 1.54) is 0 Å². The molecule has 0 N–H and O–H groups in total. The van der Waals surface area contributed by atoms with Crippen molar-refractivity contribution in [3.8, 4) is 62.1 Å². The van der Waals surface area contributed by atoms with Crippen molar-refractivity contribution in [1.29, 1.82) is 0 Å². The zero-order valence-electron chi connectivity index (χ0n) is 46.2. The number of aromatic nitrogens is 4. The smallest absolute Gasteiger partial charge is 0.268 e. The van der Waals surface area contributed by atoms with Gasteiger partial charge in [0, 0.05) is 45.6 Å². The van der Waals surface area contributed by atoms with Crippen LogP contribution in [0.5, 0.6) is 11.5 Å². The Labute approximate surface area is 409 Å². The van der Waals surface area contributed by atoms with Crippen LogP contribution in [0.1, 0.15) is 53.2 Å². The first kappa shape index (κ1) is 30.7. The fraction of sp³-hybridized carbons (Fsp3) is 0.0847. The molecule has 318 valence electrons. The third-order valence-corrected chi connectivity index (χ3v) is 11.6. The summed E-state index contributed by atoms with van der Waals surface area (Å²) in [6, 6.07) is 43.0. The summed E-state index contributed by atoms with van der Waals surface area (Å²) in [4.78, 5) is 4.80. The molecule has 0 unspecified atom stereocenters. The number of fused-ring (bicyclic) bond motifs is 4. The number of hydrogen-bond acceptors (Lipinski definition) is 2. The van der Waals surface area contributed by atoms with Crippen LogP contribution in [0.15, 0.2) is 200 Å². The van der Waals surface area contributed by atoms with E-state index < -0.39 is 66.3 Å². The third kappa shape index (κ3) is 7.77. The second-order valence-corrected chi connectivity index (χ2v) is 15.2. The van der Waals surface area contributed by atoms with Crippen molar-refractivity contribution in [2.45, 2.75) is 32.6 Å². The van der Waals surface area contributed by atoms with Gasteiger partial charge in [-0.1, -0.05) is 159 Å². The Morgan fingerprint density at radius 2 is 1.32 bits per heavy atom. The topological polar surface area (TPSA) is 35.9 Å². The zero-order valence-corrected chi connectivity index (χ0v) is 37.5. The Kier molecular flexibility index (Phi) is 8.52. The number of ether oxygens (including phenoxy) is 1. The van der Waals surface area contributed by atoms with E-state index in [0.29, 0.717) is 46.9 Å². The van der Waals surface area contributed by atoms with Gasteiger partial charge in [-0.05, 0) is 93.0 Å². The van der Waals surface area contributed by atoms with Crippen molar-refractivity contribution >= 4 is 32.8 Å². The molecule has 6 heteroatoms. The van der Waals surface area contributed by atoms with Gasteiger partial charge in [0.15, 0.2) is 0 Å². The molecule has 8 aromatic carbocycles. The molecule has 3 heterocycles. The molecule has 0 aliphatic carbocycles. The minimum Gasteiger partial charge on any atom is -0.510 e. The first-order chi connectivity index (χ1) is 36.1. The average molecular weight is 1030 g/mol. The molecule has 0 saturated heterocycles. The molecule has 0 amide bonds. The predicted octanol–water partition coefficient (Wildman–Crippen LogP) is 14.5. The molecular weight excluding hydrogens is 976 g/mol. The van der Waals surface area contributed by atoms with E-state index in [0.717, 1.165) is 38.5 Å². The van der Waals surface area contributed by atoms with E-state index in [4.69, 9.17) is 23.4 Å². The second-order valence-electron chi connectivity index (χ2n) is 15.2. The number of pyridine rings is 1. The number of rotatable bonds is 11. The third-order valence-electron chi connectivity index (χ3n) is 11.6. The quantitative estimate of drug-likeness (QED) is 0.0956. The van der Waals surface area contributed by atoms with Crippen LogP contribution in [0.3, 0.4) is 0 Å². The van der Waals surface area contributed by atoms with E-state index >= 15 is 0 Å². The van der Waals surface area contributed by atoms with E-state index in [1.807, 2.05) is 122 Å². The summed E-state index contributed by atoms with van der Waals surface area (Å²) in [6.07, 6.45) is 6.50. The number of hydrogen-bond donors (Lipinski definition) is 0. The molecule has 0 bridgehead atoms. The van der Waals surface area contributed by atoms with Gasteiger partial charge in [-0.3, -0.25) is 4.57 Å². The van der Waals surface area contributed by atoms with Crippen molar-refractivity contribution in [3.63, 3.8) is 0 Å². The van der Waals surface area contributed by atoms with E-state index in [9.17, 15) is 1.37 Å². The van der Waals surface area contributed by atoms with Crippen LogP contribution in [0.2, 0.25) is 0 Å². The van der Waals surface area contributed by atoms with Gasteiger partial charge >= 0.3 is 0 Å². The Morgan fingerprint density at radius 3 is 2.06 bits per heavy atom. The predicted molar refractivity (Wildman–Crippen MR) is 260 cm³/mol. The summed E-state index contributed by atoms with van der Waals surface area (Å²) in [7, 11) is 0. The van der Waals surface area contributed by atoms with Gasteiger partial charge in [0.25, 0.3) is 6.33 Å². The van der Waals surface area contributed by atoms with Crippen LogP contribution < -0.4 is 9.30 Å². The van der Waals surface area contributed by atoms with Crippen molar-refractivity contribution in [3.05, 3.63) is 224 Å². The molecular formula is C59H44N4OPt-2. The SMILES string of the molecule is [2H]c1c([2H])c([2H])c(-c2cccc(-c3c([2H])c([2H])c([2H])c([2H])c3[2H])c2-[n+]2[c-]n(-c3[c-]c(Oc4[c-]c5c(cc4)c4ccccc4n5-c4cc(C([2H])(CC)CC)ccn4)ccc3)c3cc(-c4ccccc4)ccc32)c([2H])c1[2H].[Pt]. The maximum Gasteiger partial charge on any atom is 0.268 e. The molecule has 0 saturated carbocycles. The maximum absolute atomic E-state index is 9.21. The minimum absolute atomic E-state index is 0. The Bertz CT molecular complexity index is 3970.